The average molecular weight is 485 g/mol. The normalized spacial score (nSPS) is 18.3. The number of nitrogens with zero attached hydrogens (tertiary/aromatic N) is 5. The van der Waals surface area contributed by atoms with Crippen molar-refractivity contribution in [2.45, 2.75) is 57.5 Å². The van der Waals surface area contributed by atoms with Gasteiger partial charge in [-0.2, -0.15) is 5.26 Å². The number of hydrogen-bond donors (Lipinski definition) is 1. The van der Waals surface area contributed by atoms with E-state index in [0.717, 1.165) is 18.4 Å². The van der Waals surface area contributed by atoms with Crippen molar-refractivity contribution in [2.24, 2.45) is 0 Å². The third-order valence-corrected chi connectivity index (χ3v) is 6.09. The molecular weight excluding hydrogens is 454 g/mol. The molecule has 0 spiro atoms. The first kappa shape index (κ1) is 24.6. The zero-order valence-corrected chi connectivity index (χ0v) is 20.2. The highest BCUT2D eigenvalue weighted by Gasteiger charge is 2.39. The highest BCUT2D eigenvalue weighted by molar-refractivity contribution is 5.68. The minimum absolute atomic E-state index is 0.137. The molecule has 2 aromatic rings. The number of hydrogen-bond acceptors (Lipinski definition) is 7. The number of carbonyl (C=O) groups is 1. The van der Waals surface area contributed by atoms with Crippen molar-refractivity contribution in [3.8, 4) is 6.07 Å². The largest absolute Gasteiger partial charge is 0.444 e. The first-order valence-electron chi connectivity index (χ1n) is 11.8. The Morgan fingerprint density at radius 1 is 1.20 bits per heavy atom. The van der Waals surface area contributed by atoms with Gasteiger partial charge >= 0.3 is 6.09 Å². The summed E-state index contributed by atoms with van der Waals surface area (Å²) in [6, 6.07) is 9.05. The number of nitriles is 1. The predicted octanol–water partition coefficient (Wildman–Crippen LogP) is 5.05. The summed E-state index contributed by atoms with van der Waals surface area (Å²) in [4.78, 5) is 24.6. The molecule has 0 bridgehead atoms. The van der Waals surface area contributed by atoms with Gasteiger partial charge in [-0.05, 0) is 69.4 Å². The quantitative estimate of drug-likeness (QED) is 0.649. The van der Waals surface area contributed by atoms with E-state index in [0.29, 0.717) is 36.1 Å². The standard InChI is InChI=1S/C25H30F2N6O2/c1-24(2,3)35-23(34)32-9-5-18(6-10-32)19-13-21(30-20-12-17(15-28)4-8-29-20)31-22(14-19)33-11-7-25(26,27)16-33/h4,8,12-14,18H,5-7,9-11,16H2,1-3H3,(H,29,30,31). The molecule has 10 heteroatoms. The maximum Gasteiger partial charge on any atom is 0.410 e. The minimum atomic E-state index is -2.74. The average Bonchev–Trinajstić information content (AvgIpc) is 3.17. The maximum absolute atomic E-state index is 13.9. The highest BCUT2D eigenvalue weighted by atomic mass is 19.3. The van der Waals surface area contributed by atoms with Crippen LogP contribution in [0, 0.1) is 11.3 Å². The number of piperidine rings is 1. The molecule has 2 aromatic heterocycles. The molecule has 2 aliphatic heterocycles. The van der Waals surface area contributed by atoms with Crippen molar-refractivity contribution in [3.63, 3.8) is 0 Å². The SMILES string of the molecule is CC(C)(C)OC(=O)N1CCC(c2cc(Nc3cc(C#N)ccn3)nc(N3CCC(F)(F)C3)c2)CC1. The fourth-order valence-corrected chi connectivity index (χ4v) is 4.35. The zero-order chi connectivity index (χ0) is 25.2. The fraction of sp³-hybridized carbons (Fsp3) is 0.520. The van der Waals surface area contributed by atoms with Crippen molar-refractivity contribution in [3.05, 3.63) is 41.6 Å². The third kappa shape index (κ3) is 6.35. The highest BCUT2D eigenvalue weighted by Crippen LogP contribution is 2.35. The Morgan fingerprint density at radius 2 is 1.94 bits per heavy atom. The topological polar surface area (TPSA) is 94.4 Å². The smallest absolute Gasteiger partial charge is 0.410 e. The Morgan fingerprint density at radius 3 is 2.57 bits per heavy atom. The first-order valence-corrected chi connectivity index (χ1v) is 11.8. The van der Waals surface area contributed by atoms with Gasteiger partial charge in [0.25, 0.3) is 5.92 Å². The number of aromatic nitrogens is 2. The minimum Gasteiger partial charge on any atom is -0.444 e. The van der Waals surface area contributed by atoms with Gasteiger partial charge in [0.2, 0.25) is 0 Å². The van der Waals surface area contributed by atoms with Gasteiger partial charge in [-0.1, -0.05) is 0 Å². The molecule has 4 heterocycles. The van der Waals surface area contributed by atoms with E-state index in [1.54, 1.807) is 21.9 Å². The second-order valence-electron chi connectivity index (χ2n) is 10.1. The Balaban J connectivity index is 1.55. The molecule has 4 rings (SSSR count). The van der Waals surface area contributed by atoms with Crippen LogP contribution in [0.4, 0.5) is 31.0 Å². The summed E-state index contributed by atoms with van der Waals surface area (Å²) in [5.74, 6) is -1.20. The van der Waals surface area contributed by atoms with Crippen LogP contribution in [0.25, 0.3) is 0 Å². The molecule has 1 amide bonds. The summed E-state index contributed by atoms with van der Waals surface area (Å²) >= 11 is 0. The molecule has 2 aliphatic rings. The number of rotatable bonds is 4. The van der Waals surface area contributed by atoms with Crippen LogP contribution in [0.3, 0.4) is 0 Å². The molecule has 0 unspecified atom stereocenters. The molecule has 1 N–H and O–H groups in total. The molecule has 8 nitrogen and oxygen atoms in total. The van der Waals surface area contributed by atoms with Gasteiger partial charge in [-0.25, -0.2) is 23.5 Å². The lowest BCUT2D eigenvalue weighted by Gasteiger charge is -2.34. The molecule has 35 heavy (non-hydrogen) atoms. The van der Waals surface area contributed by atoms with Crippen LogP contribution in [0.15, 0.2) is 30.5 Å². The first-order chi connectivity index (χ1) is 16.5. The number of likely N-dealkylation sites (tertiary alicyclic amines) is 1. The summed E-state index contributed by atoms with van der Waals surface area (Å²) in [7, 11) is 0. The molecule has 2 fully saturated rings. The molecule has 0 atom stereocenters. The number of pyridine rings is 2. The van der Waals surface area contributed by atoms with Gasteiger partial charge < -0.3 is 19.9 Å². The molecule has 2 saturated heterocycles. The van der Waals surface area contributed by atoms with E-state index in [4.69, 9.17) is 10.00 Å². The number of alkyl halides is 2. The second-order valence-corrected chi connectivity index (χ2v) is 10.1. The van der Waals surface area contributed by atoms with E-state index in [1.807, 2.05) is 32.9 Å². The van der Waals surface area contributed by atoms with Crippen LogP contribution in [0.2, 0.25) is 0 Å². The Kier molecular flexibility index (Phi) is 6.79. The van der Waals surface area contributed by atoms with Crippen LogP contribution in [-0.4, -0.2) is 58.7 Å². The van der Waals surface area contributed by atoms with Gasteiger partial charge in [-0.15, -0.1) is 0 Å². The van der Waals surface area contributed by atoms with Gasteiger partial charge in [0.05, 0.1) is 18.2 Å². The number of halogens is 2. The molecule has 0 aliphatic carbocycles. The van der Waals surface area contributed by atoms with E-state index in [9.17, 15) is 13.6 Å². The van der Waals surface area contributed by atoms with E-state index in [2.05, 4.69) is 21.4 Å². The number of ether oxygens (including phenoxy) is 1. The van der Waals surface area contributed by atoms with Crippen LogP contribution in [0.5, 0.6) is 0 Å². The molecular formula is C25H30F2N6O2. The lowest BCUT2D eigenvalue weighted by Crippen LogP contribution is -2.41. The lowest BCUT2D eigenvalue weighted by molar-refractivity contribution is 0.0203. The van der Waals surface area contributed by atoms with Crippen LogP contribution < -0.4 is 10.2 Å². The van der Waals surface area contributed by atoms with Crippen molar-refractivity contribution < 1.29 is 18.3 Å². The third-order valence-electron chi connectivity index (χ3n) is 6.09. The maximum atomic E-state index is 13.9. The number of amides is 1. The summed E-state index contributed by atoms with van der Waals surface area (Å²) < 4.78 is 33.3. The van der Waals surface area contributed by atoms with E-state index in [-0.39, 0.29) is 31.5 Å². The summed E-state index contributed by atoms with van der Waals surface area (Å²) in [6.07, 6.45) is 2.44. The van der Waals surface area contributed by atoms with Crippen molar-refractivity contribution in [1.29, 1.82) is 5.26 Å². The van der Waals surface area contributed by atoms with Crippen LogP contribution in [-0.2, 0) is 4.74 Å². The van der Waals surface area contributed by atoms with Crippen molar-refractivity contribution in [2.75, 3.05) is 36.4 Å². The predicted molar refractivity (Wildman–Crippen MR) is 128 cm³/mol. The van der Waals surface area contributed by atoms with Crippen LogP contribution in [0.1, 0.15) is 57.1 Å². The van der Waals surface area contributed by atoms with Crippen LogP contribution >= 0.6 is 0 Å². The van der Waals surface area contributed by atoms with E-state index in [1.165, 1.54) is 6.20 Å². The zero-order valence-electron chi connectivity index (χ0n) is 20.2. The number of carbonyl (C=O) groups excluding carboxylic acids is 1. The van der Waals surface area contributed by atoms with Gasteiger partial charge in [0.1, 0.15) is 23.1 Å². The van der Waals surface area contributed by atoms with E-state index < -0.39 is 11.5 Å². The number of nitrogens with one attached hydrogen (secondary N) is 1. The van der Waals surface area contributed by atoms with E-state index >= 15 is 0 Å². The Bertz CT molecular complexity index is 1120. The molecule has 0 saturated carbocycles. The van der Waals surface area contributed by atoms with Gasteiger partial charge in [0, 0.05) is 32.3 Å². The number of anilines is 3. The Labute approximate surface area is 203 Å². The summed E-state index contributed by atoms with van der Waals surface area (Å²) in [5, 5.41) is 12.3. The monoisotopic (exact) mass is 484 g/mol. The van der Waals surface area contributed by atoms with Crippen molar-refractivity contribution in [1.82, 2.24) is 14.9 Å². The lowest BCUT2D eigenvalue weighted by atomic mass is 9.90. The molecule has 0 aromatic carbocycles. The Hall–Kier alpha value is -3.48. The fourth-order valence-electron chi connectivity index (χ4n) is 4.35. The van der Waals surface area contributed by atoms with Gasteiger partial charge in [0.15, 0.2) is 0 Å². The summed E-state index contributed by atoms with van der Waals surface area (Å²) in [6.45, 7) is 6.47. The molecule has 0 radical (unpaired) electrons. The second kappa shape index (κ2) is 9.64. The summed E-state index contributed by atoms with van der Waals surface area (Å²) in [5.41, 5.74) is 0.865. The molecule has 186 valence electrons. The van der Waals surface area contributed by atoms with Crippen molar-refractivity contribution >= 4 is 23.5 Å². The van der Waals surface area contributed by atoms with Gasteiger partial charge in [-0.3, -0.25) is 0 Å².